The normalized spacial score (nSPS) is 12.1. The molecule has 0 spiro atoms. The van der Waals surface area contributed by atoms with Crippen LogP contribution in [0.15, 0.2) is 23.1 Å². The Labute approximate surface area is 108 Å². The van der Waals surface area contributed by atoms with Gasteiger partial charge in [0.1, 0.15) is 0 Å². The largest absolute Gasteiger partial charge is 0.319 e. The summed E-state index contributed by atoms with van der Waals surface area (Å²) in [4.78, 5) is 0.224. The monoisotopic (exact) mass is 275 g/mol. The molecule has 0 atom stereocenters. The first-order chi connectivity index (χ1) is 7.89. The molecule has 0 radical (unpaired) electrons. The molecule has 0 heterocycles. The number of sulfone groups is 1. The summed E-state index contributed by atoms with van der Waals surface area (Å²) in [5, 5.41) is 2.89. The predicted molar refractivity (Wildman–Crippen MR) is 71.4 cm³/mol. The molecule has 0 aliphatic carbocycles. The SMILES string of the molecule is CNCCc1ccc(S(=O)(=O)C(C)C)c(Cl)c1. The number of likely N-dealkylation sites (N-methyl/N-ethyl adjacent to an activating group) is 1. The van der Waals surface area contributed by atoms with Crippen molar-refractivity contribution in [3.05, 3.63) is 28.8 Å². The first-order valence-electron chi connectivity index (χ1n) is 5.56. The zero-order valence-corrected chi connectivity index (χ0v) is 11.9. The standard InChI is InChI=1S/C12H18ClNO2S/c1-9(2)17(15,16)12-5-4-10(6-7-14-3)8-11(12)13/h4-5,8-9,14H,6-7H2,1-3H3. The number of hydrogen-bond acceptors (Lipinski definition) is 3. The second-order valence-corrected chi connectivity index (χ2v) is 7.09. The van der Waals surface area contributed by atoms with E-state index < -0.39 is 15.1 Å². The second kappa shape index (κ2) is 5.85. The third-order valence-electron chi connectivity index (χ3n) is 2.59. The van der Waals surface area contributed by atoms with Gasteiger partial charge in [0.25, 0.3) is 0 Å². The summed E-state index contributed by atoms with van der Waals surface area (Å²) in [5.41, 5.74) is 1.03. The van der Waals surface area contributed by atoms with E-state index in [1.165, 1.54) is 0 Å². The minimum Gasteiger partial charge on any atom is -0.319 e. The molecule has 5 heteroatoms. The Morgan fingerprint density at radius 3 is 2.47 bits per heavy atom. The van der Waals surface area contributed by atoms with Gasteiger partial charge in [0.15, 0.2) is 9.84 Å². The molecule has 17 heavy (non-hydrogen) atoms. The number of halogens is 1. The van der Waals surface area contributed by atoms with Crippen molar-refractivity contribution >= 4 is 21.4 Å². The molecule has 0 amide bonds. The quantitative estimate of drug-likeness (QED) is 0.897. The van der Waals surface area contributed by atoms with Gasteiger partial charge in [0, 0.05) is 0 Å². The van der Waals surface area contributed by atoms with E-state index in [4.69, 9.17) is 11.6 Å². The van der Waals surface area contributed by atoms with Crippen molar-refractivity contribution in [1.29, 1.82) is 0 Å². The Kier molecular flexibility index (Phi) is 4.98. The highest BCUT2D eigenvalue weighted by atomic mass is 35.5. The molecular formula is C12H18ClNO2S. The van der Waals surface area contributed by atoms with Crippen molar-refractivity contribution in [2.24, 2.45) is 0 Å². The Morgan fingerprint density at radius 2 is 2.00 bits per heavy atom. The van der Waals surface area contributed by atoms with Gasteiger partial charge < -0.3 is 5.32 Å². The van der Waals surface area contributed by atoms with Crippen molar-refractivity contribution in [1.82, 2.24) is 5.32 Å². The van der Waals surface area contributed by atoms with Gasteiger partial charge in [-0.25, -0.2) is 8.42 Å². The van der Waals surface area contributed by atoms with Gasteiger partial charge in [-0.1, -0.05) is 17.7 Å². The zero-order valence-electron chi connectivity index (χ0n) is 10.3. The van der Waals surface area contributed by atoms with Crippen molar-refractivity contribution in [3.63, 3.8) is 0 Å². The second-order valence-electron chi connectivity index (χ2n) is 4.21. The van der Waals surface area contributed by atoms with Crippen LogP contribution in [0.5, 0.6) is 0 Å². The van der Waals surface area contributed by atoms with Gasteiger partial charge in [-0.15, -0.1) is 0 Å². The van der Waals surface area contributed by atoms with Crippen LogP contribution in [0.4, 0.5) is 0 Å². The summed E-state index contributed by atoms with van der Waals surface area (Å²) < 4.78 is 24.0. The number of rotatable bonds is 5. The molecule has 0 bridgehead atoms. The smallest absolute Gasteiger partial charge is 0.182 e. The van der Waals surface area contributed by atoms with Crippen LogP contribution in [0.25, 0.3) is 0 Å². The van der Waals surface area contributed by atoms with Gasteiger partial charge in [-0.2, -0.15) is 0 Å². The predicted octanol–water partition coefficient (Wildman–Crippen LogP) is 2.28. The first kappa shape index (κ1) is 14.5. The molecule has 1 N–H and O–H groups in total. The van der Waals surface area contributed by atoms with Crippen molar-refractivity contribution in [2.45, 2.75) is 30.4 Å². The molecule has 1 aromatic carbocycles. The van der Waals surface area contributed by atoms with Crippen LogP contribution in [0.1, 0.15) is 19.4 Å². The van der Waals surface area contributed by atoms with Gasteiger partial charge in [0.05, 0.1) is 15.2 Å². The molecule has 0 saturated heterocycles. The van der Waals surface area contributed by atoms with Crippen molar-refractivity contribution in [2.75, 3.05) is 13.6 Å². The molecule has 0 unspecified atom stereocenters. The van der Waals surface area contributed by atoms with Gasteiger partial charge >= 0.3 is 0 Å². The molecular weight excluding hydrogens is 258 g/mol. The van der Waals surface area contributed by atoms with Crippen LogP contribution in [-0.4, -0.2) is 27.3 Å². The molecule has 0 aromatic heterocycles. The van der Waals surface area contributed by atoms with Crippen LogP contribution < -0.4 is 5.32 Å². The number of hydrogen-bond donors (Lipinski definition) is 1. The van der Waals surface area contributed by atoms with Gasteiger partial charge in [0.2, 0.25) is 0 Å². The lowest BCUT2D eigenvalue weighted by Crippen LogP contribution is -2.15. The maximum atomic E-state index is 12.0. The van der Waals surface area contributed by atoms with E-state index in [-0.39, 0.29) is 4.90 Å². The van der Waals surface area contributed by atoms with Crippen LogP contribution in [0.3, 0.4) is 0 Å². The summed E-state index contributed by atoms with van der Waals surface area (Å²) in [6.45, 7) is 4.15. The highest BCUT2D eigenvalue weighted by Gasteiger charge is 2.22. The summed E-state index contributed by atoms with van der Waals surface area (Å²) in [6, 6.07) is 5.15. The Bertz CT molecular complexity index is 483. The van der Waals surface area contributed by atoms with Crippen LogP contribution in [0.2, 0.25) is 5.02 Å². The van der Waals surface area contributed by atoms with E-state index in [1.54, 1.807) is 26.0 Å². The molecule has 0 aliphatic rings. The number of benzene rings is 1. The fraction of sp³-hybridized carbons (Fsp3) is 0.500. The van der Waals surface area contributed by atoms with E-state index >= 15 is 0 Å². The lowest BCUT2D eigenvalue weighted by atomic mass is 10.1. The molecule has 96 valence electrons. The summed E-state index contributed by atoms with van der Waals surface area (Å²) in [5.74, 6) is 0. The van der Waals surface area contributed by atoms with Crippen LogP contribution in [-0.2, 0) is 16.3 Å². The fourth-order valence-electron chi connectivity index (χ4n) is 1.45. The maximum Gasteiger partial charge on any atom is 0.182 e. The molecule has 0 fully saturated rings. The molecule has 3 nitrogen and oxygen atoms in total. The first-order valence-corrected chi connectivity index (χ1v) is 7.49. The molecule has 0 saturated carbocycles. The molecule has 1 rings (SSSR count). The third-order valence-corrected chi connectivity index (χ3v) is 5.22. The van der Waals surface area contributed by atoms with E-state index in [0.29, 0.717) is 5.02 Å². The van der Waals surface area contributed by atoms with Crippen LogP contribution >= 0.6 is 11.6 Å². The van der Waals surface area contributed by atoms with E-state index in [0.717, 1.165) is 18.5 Å². The van der Waals surface area contributed by atoms with E-state index in [2.05, 4.69) is 5.32 Å². The molecule has 0 aliphatic heterocycles. The minimum absolute atomic E-state index is 0.224. The average molecular weight is 276 g/mol. The lowest BCUT2D eigenvalue weighted by molar-refractivity contribution is 0.587. The van der Waals surface area contributed by atoms with Gasteiger partial charge in [-0.3, -0.25) is 0 Å². The maximum absolute atomic E-state index is 12.0. The highest BCUT2D eigenvalue weighted by molar-refractivity contribution is 7.92. The Morgan fingerprint density at radius 1 is 1.35 bits per heavy atom. The highest BCUT2D eigenvalue weighted by Crippen LogP contribution is 2.26. The van der Waals surface area contributed by atoms with E-state index in [1.807, 2.05) is 13.1 Å². The minimum atomic E-state index is -3.29. The van der Waals surface area contributed by atoms with Crippen LogP contribution in [0, 0.1) is 0 Å². The summed E-state index contributed by atoms with van der Waals surface area (Å²) in [6.07, 6.45) is 0.832. The van der Waals surface area contributed by atoms with Crippen molar-refractivity contribution < 1.29 is 8.42 Å². The topological polar surface area (TPSA) is 46.2 Å². The Balaban J connectivity index is 3.06. The van der Waals surface area contributed by atoms with E-state index in [9.17, 15) is 8.42 Å². The van der Waals surface area contributed by atoms with Crippen molar-refractivity contribution in [3.8, 4) is 0 Å². The Hall–Kier alpha value is -0.580. The zero-order chi connectivity index (χ0) is 13.1. The number of nitrogens with one attached hydrogen (secondary N) is 1. The lowest BCUT2D eigenvalue weighted by Gasteiger charge is -2.10. The summed E-state index contributed by atoms with van der Waals surface area (Å²) >= 11 is 6.04. The molecule has 1 aromatic rings. The summed E-state index contributed by atoms with van der Waals surface area (Å²) in [7, 11) is -1.42. The van der Waals surface area contributed by atoms with Gasteiger partial charge in [-0.05, 0) is 51.6 Å². The fourth-order valence-corrected chi connectivity index (χ4v) is 3.08. The third kappa shape index (κ3) is 3.44. The average Bonchev–Trinajstić information content (AvgIpc) is 2.25.